The lowest BCUT2D eigenvalue weighted by atomic mass is 9.96. The molecule has 0 bridgehead atoms. The minimum atomic E-state index is -5.08. The van der Waals surface area contributed by atoms with E-state index in [0.29, 0.717) is 25.3 Å². The number of aliphatic carboxylic acids is 2. The maximum absolute atomic E-state index is 13.0. The van der Waals surface area contributed by atoms with E-state index < -0.39 is 30.3 Å². The number of carbonyl (C=O) groups is 4. The third-order valence-corrected chi connectivity index (χ3v) is 5.88. The summed E-state index contributed by atoms with van der Waals surface area (Å²) in [7, 11) is 0. The highest BCUT2D eigenvalue weighted by Crippen LogP contribution is 2.20. The van der Waals surface area contributed by atoms with Crippen LogP contribution in [0.3, 0.4) is 0 Å². The summed E-state index contributed by atoms with van der Waals surface area (Å²) in [6.45, 7) is 4.52. The second kappa shape index (κ2) is 16.4. The molecule has 0 radical (unpaired) electrons. The van der Waals surface area contributed by atoms with Crippen LogP contribution in [0.4, 0.5) is 36.6 Å². The lowest BCUT2D eigenvalue weighted by Gasteiger charge is -2.17. The molecule has 1 fully saturated rings. The molecule has 2 aromatic rings. The molecule has 1 aliphatic heterocycles. The summed E-state index contributed by atoms with van der Waals surface area (Å²) < 4.78 is 76.5. The van der Waals surface area contributed by atoms with Crippen molar-refractivity contribution in [3.63, 3.8) is 0 Å². The number of pyridine rings is 1. The highest BCUT2D eigenvalue weighted by atomic mass is 19.4. The van der Waals surface area contributed by atoms with Crippen LogP contribution in [-0.2, 0) is 32.1 Å². The van der Waals surface area contributed by atoms with E-state index in [1.54, 1.807) is 25.1 Å². The van der Waals surface area contributed by atoms with E-state index in [2.05, 4.69) is 20.9 Å². The van der Waals surface area contributed by atoms with E-state index in [4.69, 9.17) is 25.5 Å². The first kappa shape index (κ1) is 37.5. The fraction of sp³-hybridized carbons (Fsp3) is 0.423. The van der Waals surface area contributed by atoms with Crippen molar-refractivity contribution < 1.29 is 60.1 Å². The van der Waals surface area contributed by atoms with Gasteiger partial charge in [-0.2, -0.15) is 26.3 Å². The summed E-state index contributed by atoms with van der Waals surface area (Å²) in [5, 5.41) is 23.1. The van der Waals surface area contributed by atoms with Gasteiger partial charge in [-0.15, -0.1) is 0 Å². The number of nitrogen functional groups attached to an aromatic ring is 1. The monoisotopic (exact) mass is 641 g/mol. The Kier molecular flexibility index (Phi) is 14.0. The van der Waals surface area contributed by atoms with E-state index in [1.165, 1.54) is 12.1 Å². The van der Waals surface area contributed by atoms with Crippen molar-refractivity contribution in [2.45, 2.75) is 57.7 Å². The third-order valence-electron chi connectivity index (χ3n) is 5.88. The van der Waals surface area contributed by atoms with Gasteiger partial charge < -0.3 is 31.9 Å². The number of nitrogens with zero attached hydrogens (tertiary/aromatic N) is 1. The van der Waals surface area contributed by atoms with E-state index in [9.17, 15) is 40.3 Å². The van der Waals surface area contributed by atoms with Crippen molar-refractivity contribution >= 4 is 29.6 Å². The average Bonchev–Trinajstić information content (AvgIpc) is 3.37. The zero-order valence-corrected chi connectivity index (χ0v) is 23.2. The molecule has 7 N–H and O–H groups in total. The molecule has 0 spiro atoms. The Morgan fingerprint density at radius 2 is 1.52 bits per heavy atom. The van der Waals surface area contributed by atoms with Crippen LogP contribution < -0.4 is 21.7 Å². The lowest BCUT2D eigenvalue weighted by molar-refractivity contribution is -0.193. The van der Waals surface area contributed by atoms with Gasteiger partial charge in [0, 0.05) is 12.2 Å². The summed E-state index contributed by atoms with van der Waals surface area (Å²) in [6, 6.07) is 8.96. The molecule has 0 unspecified atom stereocenters. The van der Waals surface area contributed by atoms with Crippen LogP contribution in [0.2, 0.25) is 0 Å². The van der Waals surface area contributed by atoms with Crippen LogP contribution in [0.15, 0.2) is 36.4 Å². The molecule has 0 saturated carbocycles. The Labute approximate surface area is 246 Å². The van der Waals surface area contributed by atoms with Gasteiger partial charge in [0.2, 0.25) is 11.8 Å². The number of aryl methyl sites for hydroxylation is 1. The summed E-state index contributed by atoms with van der Waals surface area (Å²) in [6.07, 6.45) is -8.71. The molecule has 244 valence electrons. The van der Waals surface area contributed by atoms with Crippen molar-refractivity contribution in [3.8, 4) is 0 Å². The van der Waals surface area contributed by atoms with Gasteiger partial charge in [-0.1, -0.05) is 18.2 Å². The number of carbonyl (C=O) groups excluding carboxylic acids is 2. The number of nitrogens with two attached hydrogens (primary N) is 1. The van der Waals surface area contributed by atoms with Crippen LogP contribution in [0.1, 0.15) is 30.2 Å². The molecular weight excluding hydrogens is 611 g/mol. The lowest BCUT2D eigenvalue weighted by Crippen LogP contribution is -2.50. The number of nitrogens with one attached hydrogen (secondary N) is 3. The first-order valence-electron chi connectivity index (χ1n) is 12.6. The van der Waals surface area contributed by atoms with Crippen molar-refractivity contribution in [3.05, 3.63) is 59.0 Å². The van der Waals surface area contributed by atoms with E-state index in [0.717, 1.165) is 23.2 Å². The average molecular weight is 642 g/mol. The van der Waals surface area contributed by atoms with Gasteiger partial charge in [0.25, 0.3) is 0 Å². The minimum Gasteiger partial charge on any atom is -0.475 e. The Morgan fingerprint density at radius 3 is 2.00 bits per heavy atom. The number of carboxylic acids is 2. The molecule has 3 rings (SSSR count). The fourth-order valence-corrected chi connectivity index (χ4v) is 3.63. The summed E-state index contributed by atoms with van der Waals surface area (Å²) in [4.78, 5) is 46.9. The first-order valence-corrected chi connectivity index (χ1v) is 12.6. The van der Waals surface area contributed by atoms with Gasteiger partial charge in [0.15, 0.2) is 0 Å². The number of hydrogen-bond acceptors (Lipinski definition) is 7. The summed E-state index contributed by atoms with van der Waals surface area (Å²) >= 11 is 0. The van der Waals surface area contributed by atoms with Crippen LogP contribution >= 0.6 is 0 Å². The first-order chi connectivity index (χ1) is 20.2. The van der Waals surface area contributed by atoms with Crippen molar-refractivity contribution in [2.75, 3.05) is 12.3 Å². The number of halogens is 7. The number of aromatic nitrogens is 1. The van der Waals surface area contributed by atoms with Crippen LogP contribution in [-0.4, -0.2) is 69.9 Å². The van der Waals surface area contributed by atoms with Gasteiger partial charge in [0.05, 0.1) is 6.04 Å². The molecule has 1 aliphatic rings. The van der Waals surface area contributed by atoms with Crippen LogP contribution in [0.25, 0.3) is 0 Å². The maximum atomic E-state index is 13.0. The molecule has 18 heteroatoms. The zero-order chi connectivity index (χ0) is 33.8. The normalized spacial score (nSPS) is 16.8. The predicted octanol–water partition coefficient (Wildman–Crippen LogP) is 2.72. The zero-order valence-electron chi connectivity index (χ0n) is 23.2. The number of amides is 2. The predicted molar refractivity (Wildman–Crippen MR) is 140 cm³/mol. The van der Waals surface area contributed by atoms with Crippen LogP contribution in [0.5, 0.6) is 0 Å². The van der Waals surface area contributed by atoms with E-state index in [1.807, 2.05) is 13.0 Å². The molecule has 1 aromatic carbocycles. The van der Waals surface area contributed by atoms with Gasteiger partial charge in [-0.05, 0) is 68.5 Å². The Balaban J connectivity index is 0.000000574. The summed E-state index contributed by atoms with van der Waals surface area (Å²) in [5.41, 5.74) is 8.31. The van der Waals surface area contributed by atoms with Crippen molar-refractivity contribution in [2.24, 2.45) is 5.92 Å². The molecule has 0 aliphatic carbocycles. The molecule has 3 atom stereocenters. The SMILES string of the molecule is Cc1nc(N)ccc1CNC(=O)[C@H](C)NC(=O)[C@H]1C[C@H](Cc2ccc(F)cc2)CN1.O=C(O)C(F)(F)F.O=C(O)C(F)(F)F. The molecular formula is C26H30F7N5O6. The molecule has 2 amide bonds. The quantitative estimate of drug-likeness (QED) is 0.248. The summed E-state index contributed by atoms with van der Waals surface area (Å²) in [5.74, 6) is -5.50. The number of rotatable bonds is 7. The number of anilines is 1. The largest absolute Gasteiger partial charge is 0.490 e. The van der Waals surface area contributed by atoms with Gasteiger partial charge >= 0.3 is 24.3 Å². The van der Waals surface area contributed by atoms with Gasteiger partial charge in [-0.25, -0.2) is 19.0 Å². The number of alkyl halides is 6. The Bertz CT molecular complexity index is 1270. The number of carboxylic acid groups (broad SMARTS) is 2. The topological polar surface area (TPSA) is 184 Å². The molecule has 44 heavy (non-hydrogen) atoms. The Hall–Kier alpha value is -4.48. The minimum absolute atomic E-state index is 0.190. The van der Waals surface area contributed by atoms with Gasteiger partial charge in [-0.3, -0.25) is 9.59 Å². The van der Waals surface area contributed by atoms with Crippen molar-refractivity contribution in [1.29, 1.82) is 0 Å². The number of benzene rings is 1. The molecule has 2 heterocycles. The van der Waals surface area contributed by atoms with Crippen LogP contribution in [0, 0.1) is 18.7 Å². The smallest absolute Gasteiger partial charge is 0.475 e. The molecule has 1 saturated heterocycles. The Morgan fingerprint density at radius 1 is 1.00 bits per heavy atom. The van der Waals surface area contributed by atoms with E-state index >= 15 is 0 Å². The van der Waals surface area contributed by atoms with E-state index in [-0.39, 0.29) is 29.6 Å². The highest BCUT2D eigenvalue weighted by molar-refractivity contribution is 5.89. The number of hydrogen-bond donors (Lipinski definition) is 6. The van der Waals surface area contributed by atoms with Gasteiger partial charge in [0.1, 0.15) is 17.7 Å². The standard InChI is InChI=1S/C22H28FN5O2.2C2HF3O2/c1-13-17(5-8-20(24)27-13)12-26-21(29)14(2)28-22(30)19-10-16(11-25-19)9-15-3-6-18(23)7-4-15;2*3-2(4,5)1(6)7/h3-8,14,16,19,25H,9-12H2,1-2H3,(H2,24,27)(H,26,29)(H,28,30);2*(H,6,7)/t14-,16-,19+;;/m0../s1. The second-order valence-corrected chi connectivity index (χ2v) is 9.43. The van der Waals surface area contributed by atoms with Crippen molar-refractivity contribution in [1.82, 2.24) is 20.9 Å². The highest BCUT2D eigenvalue weighted by Gasteiger charge is 2.39. The second-order valence-electron chi connectivity index (χ2n) is 9.43. The molecule has 11 nitrogen and oxygen atoms in total. The third kappa shape index (κ3) is 13.7. The maximum Gasteiger partial charge on any atom is 0.490 e. The molecule has 1 aromatic heterocycles. The fourth-order valence-electron chi connectivity index (χ4n) is 3.63.